The molecule has 0 saturated carbocycles. The molecule has 0 unspecified atom stereocenters. The molecule has 0 aromatic carbocycles. The number of carbonyl (C=O) groups is 1. The summed E-state index contributed by atoms with van der Waals surface area (Å²) < 4.78 is 0. The number of rotatable bonds is 4. The summed E-state index contributed by atoms with van der Waals surface area (Å²) in [6.45, 7) is 12.1. The highest BCUT2D eigenvalue weighted by molar-refractivity contribution is 6.35. The summed E-state index contributed by atoms with van der Waals surface area (Å²) in [7, 11) is 0. The summed E-state index contributed by atoms with van der Waals surface area (Å²) in [6.07, 6.45) is 4.97. The van der Waals surface area contributed by atoms with Gasteiger partial charge >= 0.3 is 5.97 Å². The first kappa shape index (κ1) is 16.5. The van der Waals surface area contributed by atoms with Gasteiger partial charge in [0.2, 0.25) is 5.84 Å². The van der Waals surface area contributed by atoms with Crippen LogP contribution in [0.15, 0.2) is 28.4 Å². The number of allylic oxidation sites excluding steroid dienone is 3. The van der Waals surface area contributed by atoms with Crippen molar-refractivity contribution in [1.29, 1.82) is 0 Å². The number of aliphatic imine (C=N–C) groups is 1. The zero-order valence-corrected chi connectivity index (χ0v) is 13.3. The first-order valence-corrected chi connectivity index (χ1v) is 7.25. The minimum absolute atomic E-state index is 0.0418. The number of carboxylic acid groups (broad SMARTS) is 1. The van der Waals surface area contributed by atoms with Crippen LogP contribution < -0.4 is 0 Å². The van der Waals surface area contributed by atoms with Crippen LogP contribution in [0.3, 0.4) is 0 Å². The molecule has 4 heteroatoms. The molecule has 0 aromatic heterocycles. The average Bonchev–Trinajstić information content (AvgIpc) is 2.75. The van der Waals surface area contributed by atoms with Gasteiger partial charge in [0, 0.05) is 24.2 Å². The van der Waals surface area contributed by atoms with E-state index in [1.807, 2.05) is 32.6 Å². The van der Waals surface area contributed by atoms with Crippen LogP contribution in [0.5, 0.6) is 0 Å². The maximum atomic E-state index is 11.6. The van der Waals surface area contributed by atoms with Crippen LogP contribution in [0.25, 0.3) is 0 Å². The number of carboxylic acids is 1. The zero-order valence-electron chi connectivity index (χ0n) is 13.3. The van der Waals surface area contributed by atoms with Gasteiger partial charge in [0.25, 0.3) is 0 Å². The molecule has 20 heavy (non-hydrogen) atoms. The van der Waals surface area contributed by atoms with Crippen LogP contribution >= 0.6 is 0 Å². The minimum atomic E-state index is -0.963. The van der Waals surface area contributed by atoms with Crippen molar-refractivity contribution in [3.8, 4) is 0 Å². The molecular formula is C16H26N2O2. The van der Waals surface area contributed by atoms with Gasteiger partial charge in [-0.25, -0.2) is 4.79 Å². The van der Waals surface area contributed by atoms with Crippen molar-refractivity contribution in [2.75, 3.05) is 0 Å². The third-order valence-corrected chi connectivity index (χ3v) is 3.17. The molecule has 1 aliphatic carbocycles. The van der Waals surface area contributed by atoms with Gasteiger partial charge in [0.05, 0.1) is 0 Å². The van der Waals surface area contributed by atoms with Gasteiger partial charge in [0.15, 0.2) is 0 Å². The van der Waals surface area contributed by atoms with Crippen LogP contribution in [0, 0.1) is 5.92 Å². The first-order chi connectivity index (χ1) is 9.25. The van der Waals surface area contributed by atoms with Gasteiger partial charge in [-0.3, -0.25) is 4.99 Å². The van der Waals surface area contributed by atoms with Crippen molar-refractivity contribution in [3.05, 3.63) is 23.4 Å². The first-order valence-electron chi connectivity index (χ1n) is 7.25. The molecule has 1 rings (SSSR count). The highest BCUT2D eigenvalue weighted by atomic mass is 16.4. The molecule has 0 aromatic rings. The molecule has 4 nitrogen and oxygen atoms in total. The van der Waals surface area contributed by atoms with Crippen molar-refractivity contribution in [3.63, 3.8) is 0 Å². The van der Waals surface area contributed by atoms with E-state index >= 15 is 0 Å². The van der Waals surface area contributed by atoms with Gasteiger partial charge in [-0.2, -0.15) is 0 Å². The van der Waals surface area contributed by atoms with E-state index in [4.69, 9.17) is 0 Å². The standard InChI is InChI=1S/C16H26N2O2/c1-10(2)13-8-7-9-14(13)18(12(5)6)15(16(19)20)17-11(3)4/h7-8,10-12H,9H2,1-6H3,(H,19,20). The Hall–Kier alpha value is -1.58. The predicted molar refractivity (Wildman–Crippen MR) is 82.8 cm³/mol. The Morgan fingerprint density at radius 3 is 2.25 bits per heavy atom. The normalized spacial score (nSPS) is 15.9. The highest BCUT2D eigenvalue weighted by Crippen LogP contribution is 2.30. The number of hydrogen-bond acceptors (Lipinski definition) is 2. The lowest BCUT2D eigenvalue weighted by molar-refractivity contribution is -0.130. The van der Waals surface area contributed by atoms with Gasteiger partial charge in [0.1, 0.15) is 0 Å². The molecule has 0 atom stereocenters. The van der Waals surface area contributed by atoms with E-state index in [2.05, 4.69) is 31.0 Å². The monoisotopic (exact) mass is 278 g/mol. The van der Waals surface area contributed by atoms with Gasteiger partial charge in [-0.05, 0) is 39.2 Å². The fourth-order valence-electron chi connectivity index (χ4n) is 2.42. The minimum Gasteiger partial charge on any atom is -0.475 e. The molecule has 0 aliphatic heterocycles. The summed E-state index contributed by atoms with van der Waals surface area (Å²) in [6, 6.07) is 0.0204. The molecule has 0 spiro atoms. The lowest BCUT2D eigenvalue weighted by Crippen LogP contribution is -2.41. The predicted octanol–water partition coefficient (Wildman–Crippen LogP) is 3.46. The van der Waals surface area contributed by atoms with Gasteiger partial charge < -0.3 is 10.0 Å². The smallest absolute Gasteiger partial charge is 0.371 e. The van der Waals surface area contributed by atoms with Gasteiger partial charge in [-0.15, -0.1) is 0 Å². The molecule has 1 N–H and O–H groups in total. The summed E-state index contributed by atoms with van der Waals surface area (Å²) in [5, 5.41) is 9.51. The Morgan fingerprint density at radius 2 is 1.85 bits per heavy atom. The second kappa shape index (κ2) is 6.73. The Morgan fingerprint density at radius 1 is 1.25 bits per heavy atom. The van der Waals surface area contributed by atoms with Crippen LogP contribution in [-0.4, -0.2) is 33.9 Å². The number of aliphatic carboxylic acids is 1. The van der Waals surface area contributed by atoms with E-state index < -0.39 is 5.97 Å². The fourth-order valence-corrected chi connectivity index (χ4v) is 2.42. The van der Waals surface area contributed by atoms with E-state index in [-0.39, 0.29) is 17.9 Å². The lowest BCUT2D eigenvalue weighted by atomic mass is 10.0. The SMILES string of the molecule is CC(C)N=C(C(=O)O)N(C1=C(C(C)C)C=CC1)C(C)C. The second-order valence-corrected chi connectivity index (χ2v) is 5.98. The number of amidine groups is 1. The topological polar surface area (TPSA) is 52.9 Å². The number of hydrogen-bond donors (Lipinski definition) is 1. The summed E-state index contributed by atoms with van der Waals surface area (Å²) in [4.78, 5) is 17.8. The molecule has 0 fully saturated rings. The number of nitrogens with zero attached hydrogens (tertiary/aromatic N) is 2. The second-order valence-electron chi connectivity index (χ2n) is 5.98. The molecule has 112 valence electrons. The van der Waals surface area contributed by atoms with E-state index in [1.54, 1.807) is 0 Å². The van der Waals surface area contributed by atoms with E-state index in [0.717, 1.165) is 12.1 Å². The Bertz CT molecular complexity index is 455. The molecule has 1 aliphatic rings. The average molecular weight is 278 g/mol. The van der Waals surface area contributed by atoms with Crippen molar-refractivity contribution in [2.45, 2.75) is 60.0 Å². The quantitative estimate of drug-likeness (QED) is 0.633. The maximum Gasteiger partial charge on any atom is 0.371 e. The van der Waals surface area contributed by atoms with Crippen molar-refractivity contribution < 1.29 is 9.90 Å². The van der Waals surface area contributed by atoms with E-state index in [0.29, 0.717) is 5.92 Å². The summed E-state index contributed by atoms with van der Waals surface area (Å²) >= 11 is 0. The molecule has 0 heterocycles. The van der Waals surface area contributed by atoms with Crippen LogP contribution in [0.2, 0.25) is 0 Å². The zero-order chi connectivity index (χ0) is 15.4. The third kappa shape index (κ3) is 3.71. The molecule has 0 saturated heterocycles. The third-order valence-electron chi connectivity index (χ3n) is 3.17. The van der Waals surface area contributed by atoms with Crippen molar-refractivity contribution in [1.82, 2.24) is 4.90 Å². The Balaban J connectivity index is 3.31. The summed E-state index contributed by atoms with van der Waals surface area (Å²) in [5.41, 5.74) is 2.27. The largest absolute Gasteiger partial charge is 0.475 e. The Kier molecular flexibility index (Phi) is 5.54. The van der Waals surface area contributed by atoms with Crippen LogP contribution in [0.4, 0.5) is 0 Å². The molecule has 0 amide bonds. The lowest BCUT2D eigenvalue weighted by Gasteiger charge is -2.31. The van der Waals surface area contributed by atoms with E-state index in [9.17, 15) is 9.90 Å². The Labute approximate surface area is 121 Å². The summed E-state index contributed by atoms with van der Waals surface area (Å²) in [5.74, 6) is -0.444. The van der Waals surface area contributed by atoms with E-state index in [1.165, 1.54) is 5.57 Å². The van der Waals surface area contributed by atoms with Crippen LogP contribution in [-0.2, 0) is 4.79 Å². The highest BCUT2D eigenvalue weighted by Gasteiger charge is 2.28. The van der Waals surface area contributed by atoms with Crippen LogP contribution in [0.1, 0.15) is 48.0 Å². The fraction of sp³-hybridized carbons (Fsp3) is 0.625. The molecule has 0 radical (unpaired) electrons. The van der Waals surface area contributed by atoms with Crippen molar-refractivity contribution >= 4 is 11.8 Å². The maximum absolute atomic E-state index is 11.6. The molecular weight excluding hydrogens is 252 g/mol. The molecule has 0 bridgehead atoms. The van der Waals surface area contributed by atoms with Crippen molar-refractivity contribution in [2.24, 2.45) is 10.9 Å². The van der Waals surface area contributed by atoms with Gasteiger partial charge in [-0.1, -0.05) is 26.0 Å².